The third-order valence-corrected chi connectivity index (χ3v) is 3.47. The lowest BCUT2D eigenvalue weighted by molar-refractivity contribution is -0.139. The van der Waals surface area contributed by atoms with Gasteiger partial charge in [0.15, 0.2) is 23.9 Å². The molecule has 0 saturated carbocycles. The molecule has 27 heavy (non-hydrogen) atoms. The van der Waals surface area contributed by atoms with Crippen molar-refractivity contribution in [1.82, 2.24) is 0 Å². The van der Waals surface area contributed by atoms with Crippen molar-refractivity contribution in [2.75, 3.05) is 26.9 Å². The van der Waals surface area contributed by atoms with Gasteiger partial charge in [-0.3, -0.25) is 4.79 Å². The molecule has 0 amide bonds. The molecule has 0 spiro atoms. The van der Waals surface area contributed by atoms with Gasteiger partial charge in [0, 0.05) is 12.1 Å². The number of rotatable bonds is 10. The van der Waals surface area contributed by atoms with Gasteiger partial charge in [0.05, 0.1) is 7.11 Å². The van der Waals surface area contributed by atoms with Crippen molar-refractivity contribution < 1.29 is 28.9 Å². The summed E-state index contributed by atoms with van der Waals surface area (Å²) >= 11 is 0. The van der Waals surface area contributed by atoms with Gasteiger partial charge in [-0.15, -0.1) is 0 Å². The zero-order valence-corrected chi connectivity index (χ0v) is 14.9. The second kappa shape index (κ2) is 9.98. The Balaban J connectivity index is 2.10. The predicted molar refractivity (Wildman–Crippen MR) is 100 cm³/mol. The lowest BCUT2D eigenvalue weighted by Crippen LogP contribution is -2.10. The molecule has 142 valence electrons. The molecule has 0 unspecified atom stereocenters. The molecule has 0 aliphatic heterocycles. The number of allylic oxidation sites excluding steroid dienone is 1. The van der Waals surface area contributed by atoms with Gasteiger partial charge < -0.3 is 25.1 Å². The van der Waals surface area contributed by atoms with Crippen LogP contribution in [-0.2, 0) is 4.79 Å². The highest BCUT2D eigenvalue weighted by molar-refractivity contribution is 6.07. The first-order chi connectivity index (χ1) is 13.0. The summed E-state index contributed by atoms with van der Waals surface area (Å²) in [6.07, 6.45) is 3.08. The first-order valence-corrected chi connectivity index (χ1v) is 8.21. The van der Waals surface area contributed by atoms with Crippen LogP contribution in [0, 0.1) is 0 Å². The van der Waals surface area contributed by atoms with Crippen LogP contribution in [0.1, 0.15) is 15.9 Å². The van der Waals surface area contributed by atoms with Crippen LogP contribution in [0.2, 0.25) is 0 Å². The smallest absolute Gasteiger partial charge is 0.341 e. The third kappa shape index (κ3) is 6.16. The van der Waals surface area contributed by atoms with Crippen LogP contribution >= 0.6 is 0 Å². The summed E-state index contributed by atoms with van der Waals surface area (Å²) in [4.78, 5) is 23.0. The standard InChI is InChI=1S/C20H21NO6/c1-25-19-11-14(6-8-18(19)27-13-20(23)24)5-7-17(22)15-3-2-4-16(12-15)26-10-9-21/h2-8,11-12H,9-10,13,21H2,1H3,(H,23,24). The molecule has 7 nitrogen and oxygen atoms in total. The highest BCUT2D eigenvalue weighted by atomic mass is 16.5. The van der Waals surface area contributed by atoms with E-state index in [1.54, 1.807) is 48.5 Å². The van der Waals surface area contributed by atoms with Crippen LogP contribution in [0.15, 0.2) is 48.5 Å². The van der Waals surface area contributed by atoms with Gasteiger partial charge in [-0.25, -0.2) is 4.79 Å². The van der Waals surface area contributed by atoms with Crippen molar-refractivity contribution >= 4 is 17.8 Å². The quantitative estimate of drug-likeness (QED) is 0.488. The Labute approximate surface area is 157 Å². The van der Waals surface area contributed by atoms with E-state index in [1.165, 1.54) is 13.2 Å². The first-order valence-electron chi connectivity index (χ1n) is 8.21. The summed E-state index contributed by atoms with van der Waals surface area (Å²) in [5, 5.41) is 8.68. The highest BCUT2D eigenvalue weighted by Gasteiger charge is 2.08. The topological polar surface area (TPSA) is 108 Å². The Kier molecular flexibility index (Phi) is 7.39. The Morgan fingerprint density at radius 1 is 1.11 bits per heavy atom. The second-order valence-corrected chi connectivity index (χ2v) is 5.46. The van der Waals surface area contributed by atoms with E-state index in [0.717, 1.165) is 0 Å². The number of hydrogen-bond donors (Lipinski definition) is 2. The number of carbonyl (C=O) groups is 2. The molecule has 0 bridgehead atoms. The van der Waals surface area contributed by atoms with Crippen molar-refractivity contribution in [3.05, 3.63) is 59.7 Å². The van der Waals surface area contributed by atoms with E-state index in [4.69, 9.17) is 25.1 Å². The van der Waals surface area contributed by atoms with Crippen LogP contribution < -0.4 is 19.9 Å². The summed E-state index contributed by atoms with van der Waals surface area (Å²) < 4.78 is 15.8. The maximum absolute atomic E-state index is 12.4. The van der Waals surface area contributed by atoms with Gasteiger partial charge in [-0.05, 0) is 35.9 Å². The minimum Gasteiger partial charge on any atom is -0.493 e. The van der Waals surface area contributed by atoms with E-state index in [2.05, 4.69) is 0 Å². The van der Waals surface area contributed by atoms with E-state index in [9.17, 15) is 9.59 Å². The molecule has 0 heterocycles. The summed E-state index contributed by atoms with van der Waals surface area (Å²) in [5.41, 5.74) is 6.60. The number of nitrogens with two attached hydrogens (primary N) is 1. The number of methoxy groups -OCH3 is 1. The average Bonchev–Trinajstić information content (AvgIpc) is 2.69. The maximum Gasteiger partial charge on any atom is 0.341 e. The number of aliphatic carboxylic acids is 1. The molecule has 3 N–H and O–H groups in total. The van der Waals surface area contributed by atoms with E-state index in [-0.39, 0.29) is 5.78 Å². The van der Waals surface area contributed by atoms with Gasteiger partial charge in [0.1, 0.15) is 12.4 Å². The van der Waals surface area contributed by atoms with Gasteiger partial charge in [-0.2, -0.15) is 0 Å². The molecule has 0 aromatic heterocycles. The van der Waals surface area contributed by atoms with E-state index < -0.39 is 12.6 Å². The Hall–Kier alpha value is -3.32. The minimum absolute atomic E-state index is 0.182. The third-order valence-electron chi connectivity index (χ3n) is 3.47. The highest BCUT2D eigenvalue weighted by Crippen LogP contribution is 2.28. The molecule has 2 rings (SSSR count). The number of ketones is 1. The molecule has 0 fully saturated rings. The maximum atomic E-state index is 12.4. The molecule has 0 radical (unpaired) electrons. The van der Waals surface area contributed by atoms with Crippen molar-refractivity contribution in [2.24, 2.45) is 5.73 Å². The zero-order valence-electron chi connectivity index (χ0n) is 14.9. The normalized spacial score (nSPS) is 10.6. The Morgan fingerprint density at radius 2 is 1.93 bits per heavy atom. The number of carboxylic acid groups (broad SMARTS) is 1. The number of benzene rings is 2. The number of hydrogen-bond acceptors (Lipinski definition) is 6. The van der Waals surface area contributed by atoms with E-state index in [1.807, 2.05) is 0 Å². The fraction of sp³-hybridized carbons (Fsp3) is 0.200. The summed E-state index contributed by atoms with van der Waals surface area (Å²) in [6.45, 7) is 0.308. The number of ether oxygens (including phenoxy) is 3. The number of carbonyl (C=O) groups excluding carboxylic acids is 1. The van der Waals surface area contributed by atoms with Crippen molar-refractivity contribution in [2.45, 2.75) is 0 Å². The molecule has 2 aromatic carbocycles. The van der Waals surface area contributed by atoms with E-state index >= 15 is 0 Å². The average molecular weight is 371 g/mol. The molecular formula is C20H21NO6. The van der Waals surface area contributed by atoms with Crippen molar-refractivity contribution in [3.63, 3.8) is 0 Å². The fourth-order valence-electron chi connectivity index (χ4n) is 2.23. The Morgan fingerprint density at radius 3 is 2.63 bits per heavy atom. The second-order valence-electron chi connectivity index (χ2n) is 5.46. The predicted octanol–water partition coefficient (Wildman–Crippen LogP) is 2.39. The lowest BCUT2D eigenvalue weighted by Gasteiger charge is -2.09. The van der Waals surface area contributed by atoms with Crippen LogP contribution in [0.3, 0.4) is 0 Å². The van der Waals surface area contributed by atoms with Gasteiger partial charge >= 0.3 is 5.97 Å². The van der Waals surface area contributed by atoms with Gasteiger partial charge in [0.2, 0.25) is 0 Å². The zero-order chi connectivity index (χ0) is 19.6. The SMILES string of the molecule is COc1cc(C=CC(=O)c2cccc(OCCN)c2)ccc1OCC(=O)O. The van der Waals surface area contributed by atoms with Crippen LogP contribution in [0.5, 0.6) is 17.2 Å². The van der Waals surface area contributed by atoms with Crippen LogP contribution in [-0.4, -0.2) is 43.7 Å². The Bertz CT molecular complexity index is 831. The number of carboxylic acids is 1. The largest absolute Gasteiger partial charge is 0.493 e. The molecule has 0 aliphatic rings. The van der Waals surface area contributed by atoms with Crippen LogP contribution in [0.4, 0.5) is 0 Å². The first kappa shape index (κ1) is 20.0. The molecule has 0 saturated heterocycles. The summed E-state index contributed by atoms with van der Waals surface area (Å²) in [5.74, 6) is 0.0140. The lowest BCUT2D eigenvalue weighted by atomic mass is 10.1. The fourth-order valence-corrected chi connectivity index (χ4v) is 2.23. The molecule has 0 aliphatic carbocycles. The van der Waals surface area contributed by atoms with Crippen LogP contribution in [0.25, 0.3) is 6.08 Å². The summed E-state index contributed by atoms with van der Waals surface area (Å²) in [6, 6.07) is 11.8. The molecular weight excluding hydrogens is 350 g/mol. The molecule has 7 heteroatoms. The molecule has 0 atom stereocenters. The van der Waals surface area contributed by atoms with Gasteiger partial charge in [0.25, 0.3) is 0 Å². The molecule has 2 aromatic rings. The van der Waals surface area contributed by atoms with Gasteiger partial charge in [-0.1, -0.05) is 24.3 Å². The van der Waals surface area contributed by atoms with Crippen molar-refractivity contribution in [1.29, 1.82) is 0 Å². The summed E-state index contributed by atoms with van der Waals surface area (Å²) in [7, 11) is 1.45. The minimum atomic E-state index is -1.08. The van der Waals surface area contributed by atoms with Crippen molar-refractivity contribution in [3.8, 4) is 17.2 Å². The van der Waals surface area contributed by atoms with E-state index in [0.29, 0.717) is 41.5 Å². The monoisotopic (exact) mass is 371 g/mol.